The van der Waals surface area contributed by atoms with Crippen LogP contribution in [0, 0.1) is 11.8 Å². The molecule has 1 unspecified atom stereocenters. The third-order valence-corrected chi connectivity index (χ3v) is 6.09. The number of nitrogens with zero attached hydrogens (tertiary/aromatic N) is 3. The number of esters is 1. The van der Waals surface area contributed by atoms with E-state index in [4.69, 9.17) is 26.9 Å². The number of amides is 2. The van der Waals surface area contributed by atoms with Crippen molar-refractivity contribution < 1.29 is 24.0 Å². The number of hydrogen-bond acceptors (Lipinski definition) is 10. The van der Waals surface area contributed by atoms with Crippen LogP contribution in [0.25, 0.3) is 0 Å². The number of carbonyl (C=O) groups excluding carboxylic acids is 3. The number of nitrogen functional groups attached to an aromatic ring is 1. The van der Waals surface area contributed by atoms with Gasteiger partial charge in [-0.1, -0.05) is 17.0 Å². The molecule has 2 atom stereocenters. The zero-order valence-electron chi connectivity index (χ0n) is 15.6. The molecule has 0 radical (unpaired) electrons. The van der Waals surface area contributed by atoms with E-state index in [0.717, 1.165) is 11.3 Å². The molecule has 13 heteroatoms. The van der Waals surface area contributed by atoms with Gasteiger partial charge in [0.15, 0.2) is 17.5 Å². The van der Waals surface area contributed by atoms with Crippen LogP contribution >= 0.6 is 34.7 Å². The second-order valence-electron chi connectivity index (χ2n) is 5.81. The summed E-state index contributed by atoms with van der Waals surface area (Å²) < 4.78 is 5.02. The number of thiazole rings is 1. The van der Waals surface area contributed by atoms with Crippen LogP contribution in [-0.2, 0) is 24.0 Å². The van der Waals surface area contributed by atoms with Crippen LogP contribution in [0.1, 0.15) is 5.69 Å². The summed E-state index contributed by atoms with van der Waals surface area (Å²) >= 11 is 7.90. The number of rotatable bonds is 6. The molecule has 0 saturated carbocycles. The minimum absolute atomic E-state index is 0.0770. The summed E-state index contributed by atoms with van der Waals surface area (Å²) in [5, 5.41) is 7.82. The summed E-state index contributed by atoms with van der Waals surface area (Å²) in [5.41, 5.74) is 6.10. The molecule has 0 spiro atoms. The average Bonchev–Trinajstić information content (AvgIpc) is 3.18. The molecule has 1 aromatic heterocycles. The summed E-state index contributed by atoms with van der Waals surface area (Å²) in [7, 11) is 1.29. The number of β-lactam (4-membered cyclic amide) rings is 1. The minimum atomic E-state index is -0.774. The number of carbonyl (C=O) groups is 3. The monoisotopic (exact) mass is 469 g/mol. The number of fused-ring (bicyclic) bond motifs is 1. The number of hydrogen-bond donors (Lipinski definition) is 2. The van der Waals surface area contributed by atoms with Gasteiger partial charge in [-0.25, -0.2) is 9.78 Å². The predicted molar refractivity (Wildman–Crippen MR) is 113 cm³/mol. The average molecular weight is 470 g/mol. The lowest BCUT2D eigenvalue weighted by Crippen LogP contribution is -2.69. The van der Waals surface area contributed by atoms with Gasteiger partial charge in [0.05, 0.1) is 11.5 Å². The highest BCUT2D eigenvalue weighted by molar-refractivity contribution is 8.00. The second kappa shape index (κ2) is 9.84. The van der Waals surface area contributed by atoms with Gasteiger partial charge in [-0.2, -0.15) is 0 Å². The zero-order chi connectivity index (χ0) is 21.7. The highest BCUT2D eigenvalue weighted by Gasteiger charge is 2.50. The third kappa shape index (κ3) is 4.69. The molecule has 2 aliphatic rings. The Morgan fingerprint density at radius 2 is 2.30 bits per heavy atom. The van der Waals surface area contributed by atoms with Crippen LogP contribution in [0.4, 0.5) is 5.13 Å². The Hall–Kier alpha value is -2.75. The highest BCUT2D eigenvalue weighted by Crippen LogP contribution is 2.36. The van der Waals surface area contributed by atoms with Gasteiger partial charge in [-0.05, 0) is 0 Å². The summed E-state index contributed by atoms with van der Waals surface area (Å²) in [6.45, 7) is -0.0770. The first-order chi connectivity index (χ1) is 14.5. The Labute approximate surface area is 184 Å². The molecule has 0 bridgehead atoms. The predicted octanol–water partition coefficient (Wildman–Crippen LogP) is 0.145. The van der Waals surface area contributed by atoms with Gasteiger partial charge >= 0.3 is 5.97 Å². The van der Waals surface area contributed by atoms with E-state index in [-0.39, 0.29) is 40.3 Å². The highest BCUT2D eigenvalue weighted by atomic mass is 35.5. The third-order valence-electron chi connectivity index (χ3n) is 3.96. The van der Waals surface area contributed by atoms with Gasteiger partial charge < -0.3 is 25.5 Å². The number of halogens is 1. The molecule has 1 saturated heterocycles. The van der Waals surface area contributed by atoms with E-state index in [9.17, 15) is 14.4 Å². The van der Waals surface area contributed by atoms with E-state index in [1.807, 2.05) is 0 Å². The van der Waals surface area contributed by atoms with Crippen molar-refractivity contribution in [2.24, 2.45) is 5.16 Å². The van der Waals surface area contributed by atoms with Crippen molar-refractivity contribution in [1.29, 1.82) is 0 Å². The molecule has 2 amide bonds. The lowest BCUT2D eigenvalue weighted by molar-refractivity contribution is -0.144. The van der Waals surface area contributed by atoms with Crippen LogP contribution < -0.4 is 11.1 Å². The van der Waals surface area contributed by atoms with Gasteiger partial charge in [0.1, 0.15) is 24.2 Å². The van der Waals surface area contributed by atoms with Crippen LogP contribution in [-0.4, -0.2) is 70.1 Å². The lowest BCUT2D eigenvalue weighted by Gasteiger charge is -2.47. The molecule has 3 N–H and O–H groups in total. The van der Waals surface area contributed by atoms with E-state index >= 15 is 0 Å². The molecular weight excluding hydrogens is 454 g/mol. The maximum atomic E-state index is 12.6. The van der Waals surface area contributed by atoms with E-state index < -0.39 is 17.9 Å². The normalized spacial score (nSPS) is 20.2. The first-order valence-electron chi connectivity index (χ1n) is 8.43. The van der Waals surface area contributed by atoms with Crippen molar-refractivity contribution in [3.05, 3.63) is 22.8 Å². The Kier molecular flexibility index (Phi) is 7.20. The van der Waals surface area contributed by atoms with Crippen molar-refractivity contribution in [2.75, 3.05) is 31.1 Å². The number of nitrogens with two attached hydrogens (primary N) is 1. The number of alkyl halides is 1. The molecule has 0 aromatic carbocycles. The number of anilines is 1. The molecule has 158 valence electrons. The van der Waals surface area contributed by atoms with Crippen molar-refractivity contribution in [3.8, 4) is 11.8 Å². The number of ether oxygens (including phenoxy) is 1. The molecule has 1 aromatic rings. The number of oxime groups is 1. The standard InChI is InChI=1S/C17H16ClN5O5S2/c1-27-22-11(10-8-30-17(19)20-10)13(24)21-12-14(25)23-6-9(7-29-15(12)23)16(26)28-5-3-2-4-18/h6,8,12,15H,4-5,7H2,1H3,(H2,19,20)(H,21,24)/t12?,15-/m1/s1. The van der Waals surface area contributed by atoms with Crippen LogP contribution in [0.5, 0.6) is 0 Å². The lowest BCUT2D eigenvalue weighted by atomic mass is 10.1. The fourth-order valence-corrected chi connectivity index (χ4v) is 4.51. The molecular formula is C17H16ClN5O5S2. The summed E-state index contributed by atoms with van der Waals surface area (Å²) in [6, 6.07) is -0.774. The molecule has 0 aliphatic carbocycles. The van der Waals surface area contributed by atoms with Gasteiger partial charge in [0.2, 0.25) is 0 Å². The maximum Gasteiger partial charge on any atom is 0.337 e. The number of thioether (sulfide) groups is 1. The molecule has 1 fully saturated rings. The molecule has 30 heavy (non-hydrogen) atoms. The molecule has 3 rings (SSSR count). The Bertz CT molecular complexity index is 983. The largest absolute Gasteiger partial charge is 0.449 e. The van der Waals surface area contributed by atoms with Crippen molar-refractivity contribution in [1.82, 2.24) is 15.2 Å². The topological polar surface area (TPSA) is 136 Å². The Morgan fingerprint density at radius 3 is 2.97 bits per heavy atom. The first-order valence-corrected chi connectivity index (χ1v) is 10.9. The number of aromatic nitrogens is 1. The first kappa shape index (κ1) is 21.9. The smallest absolute Gasteiger partial charge is 0.337 e. The molecule has 3 heterocycles. The van der Waals surface area contributed by atoms with Crippen molar-refractivity contribution >= 4 is 63.3 Å². The summed E-state index contributed by atoms with van der Waals surface area (Å²) in [4.78, 5) is 47.3. The number of nitrogens with one attached hydrogen (secondary N) is 1. The van der Waals surface area contributed by atoms with E-state index in [1.54, 1.807) is 5.38 Å². The maximum absolute atomic E-state index is 12.6. The van der Waals surface area contributed by atoms with Crippen molar-refractivity contribution in [3.63, 3.8) is 0 Å². The summed E-state index contributed by atoms with van der Waals surface area (Å²) in [5.74, 6) is 4.11. The molecule has 2 aliphatic heterocycles. The molecule has 10 nitrogen and oxygen atoms in total. The quantitative estimate of drug-likeness (QED) is 0.150. The van der Waals surface area contributed by atoms with Crippen molar-refractivity contribution in [2.45, 2.75) is 11.4 Å². The van der Waals surface area contributed by atoms with Crippen LogP contribution in [0.15, 0.2) is 22.3 Å². The van der Waals surface area contributed by atoms with Crippen LogP contribution in [0.3, 0.4) is 0 Å². The fourth-order valence-electron chi connectivity index (χ4n) is 2.62. The van der Waals surface area contributed by atoms with Gasteiger partial charge in [0, 0.05) is 17.3 Å². The Balaban J connectivity index is 1.62. The van der Waals surface area contributed by atoms with E-state index in [0.29, 0.717) is 11.3 Å². The fraction of sp³-hybridized carbons (Fsp3) is 0.353. The summed E-state index contributed by atoms with van der Waals surface area (Å²) in [6.07, 6.45) is 1.44. The van der Waals surface area contributed by atoms with Gasteiger partial charge in [-0.3, -0.25) is 9.59 Å². The minimum Gasteiger partial charge on any atom is -0.449 e. The second-order valence-corrected chi connectivity index (χ2v) is 8.07. The van der Waals surface area contributed by atoms with E-state index in [2.05, 4.69) is 27.3 Å². The van der Waals surface area contributed by atoms with Crippen LogP contribution in [0.2, 0.25) is 0 Å². The van der Waals surface area contributed by atoms with Gasteiger partial charge in [0.25, 0.3) is 11.8 Å². The van der Waals surface area contributed by atoms with E-state index in [1.165, 1.54) is 30.0 Å². The Morgan fingerprint density at radius 1 is 1.50 bits per heavy atom. The SMILES string of the molecule is CON=C(C(=O)NC1C(=O)N2C=C(C(=O)OCC#CCCl)CS[C@H]12)c1csc(N)n1. The van der Waals surface area contributed by atoms with Gasteiger partial charge in [-0.15, -0.1) is 34.7 Å². The zero-order valence-corrected chi connectivity index (χ0v) is 18.0.